The van der Waals surface area contributed by atoms with Crippen molar-refractivity contribution in [3.05, 3.63) is 51.7 Å². The van der Waals surface area contributed by atoms with Crippen LogP contribution >= 0.6 is 0 Å². The average molecular weight is 369 g/mol. The van der Waals surface area contributed by atoms with Crippen molar-refractivity contribution in [3.63, 3.8) is 0 Å². The van der Waals surface area contributed by atoms with E-state index >= 15 is 0 Å². The number of H-pyrrole nitrogens is 1. The van der Waals surface area contributed by atoms with Gasteiger partial charge in [0.25, 0.3) is 11.5 Å². The van der Waals surface area contributed by atoms with E-state index in [1.54, 1.807) is 6.92 Å². The average Bonchev–Trinajstić information content (AvgIpc) is 2.49. The summed E-state index contributed by atoms with van der Waals surface area (Å²) in [5.74, 6) is -1.43. The third-order valence-electron chi connectivity index (χ3n) is 3.08. The van der Waals surface area contributed by atoms with Gasteiger partial charge in [-0.25, -0.2) is 22.9 Å². The Bertz CT molecular complexity index is 958. The quantitative estimate of drug-likeness (QED) is 0.514. The van der Waals surface area contributed by atoms with Crippen molar-refractivity contribution in [2.24, 2.45) is 5.14 Å². The predicted molar refractivity (Wildman–Crippen MR) is 88.2 cm³/mol. The Balaban J connectivity index is 1.97. The van der Waals surface area contributed by atoms with E-state index in [9.17, 15) is 22.4 Å². The van der Waals surface area contributed by atoms with Gasteiger partial charge < -0.3 is 10.6 Å². The topological polar surface area (TPSA) is 147 Å². The summed E-state index contributed by atoms with van der Waals surface area (Å²) >= 11 is 0. The number of carbonyl (C=O) groups is 1. The van der Waals surface area contributed by atoms with Crippen molar-refractivity contribution in [2.75, 3.05) is 18.4 Å². The van der Waals surface area contributed by atoms with Crippen LogP contribution in [0.25, 0.3) is 0 Å². The molecule has 9 nitrogen and oxygen atoms in total. The van der Waals surface area contributed by atoms with Gasteiger partial charge in [0.1, 0.15) is 5.82 Å². The molecule has 2 aromatic rings. The molecular formula is C14H16FN5O4S. The predicted octanol–water partition coefficient (Wildman–Crippen LogP) is -0.293. The van der Waals surface area contributed by atoms with Crippen LogP contribution in [0.5, 0.6) is 0 Å². The number of hydrogen-bond donors (Lipinski definition) is 4. The Labute approximate surface area is 142 Å². The first-order valence-electron chi connectivity index (χ1n) is 7.09. The molecule has 0 saturated carbocycles. The molecule has 0 unspecified atom stereocenters. The van der Waals surface area contributed by atoms with Crippen LogP contribution in [0.3, 0.4) is 0 Å². The second-order valence-electron chi connectivity index (χ2n) is 5.10. The third kappa shape index (κ3) is 5.09. The number of halogens is 1. The van der Waals surface area contributed by atoms with Crippen LogP contribution in [0, 0.1) is 12.7 Å². The van der Waals surface area contributed by atoms with Crippen molar-refractivity contribution in [2.45, 2.75) is 11.8 Å². The Morgan fingerprint density at radius 3 is 2.68 bits per heavy atom. The van der Waals surface area contributed by atoms with Crippen molar-refractivity contribution >= 4 is 21.9 Å². The number of primary sulfonamides is 1. The van der Waals surface area contributed by atoms with Gasteiger partial charge in [0.2, 0.25) is 16.0 Å². The Morgan fingerprint density at radius 2 is 2.04 bits per heavy atom. The molecule has 0 fully saturated rings. The second-order valence-corrected chi connectivity index (χ2v) is 6.67. The van der Waals surface area contributed by atoms with Gasteiger partial charge in [0.15, 0.2) is 0 Å². The summed E-state index contributed by atoms with van der Waals surface area (Å²) in [6.45, 7) is 1.94. The molecule has 2 rings (SSSR count). The number of aryl methyl sites for hydroxylation is 1. The third-order valence-corrected chi connectivity index (χ3v) is 3.99. The SMILES string of the molecule is Cc1cc(=O)[nH]c(NCCNC(=O)c2cc(S(N)(=O)=O)ccc2F)n1. The molecule has 0 radical (unpaired) electrons. The van der Waals surface area contributed by atoms with Crippen molar-refractivity contribution in [3.8, 4) is 0 Å². The monoisotopic (exact) mass is 369 g/mol. The maximum absolute atomic E-state index is 13.7. The lowest BCUT2D eigenvalue weighted by Crippen LogP contribution is -2.30. The number of anilines is 1. The molecule has 0 aliphatic carbocycles. The molecular weight excluding hydrogens is 353 g/mol. The summed E-state index contributed by atoms with van der Waals surface area (Å²) in [6, 6.07) is 4.03. The number of nitrogens with two attached hydrogens (primary N) is 1. The summed E-state index contributed by atoms with van der Waals surface area (Å²) in [5.41, 5.74) is -0.230. The number of amides is 1. The minimum absolute atomic E-state index is 0.0789. The van der Waals surface area contributed by atoms with Crippen LogP contribution < -0.4 is 21.3 Å². The van der Waals surface area contributed by atoms with Gasteiger partial charge in [0.05, 0.1) is 10.5 Å². The van der Waals surface area contributed by atoms with Gasteiger partial charge >= 0.3 is 0 Å². The number of aromatic nitrogens is 2. The van der Waals surface area contributed by atoms with Gasteiger partial charge in [0, 0.05) is 24.8 Å². The van der Waals surface area contributed by atoms with Gasteiger partial charge in [-0.1, -0.05) is 0 Å². The summed E-state index contributed by atoms with van der Waals surface area (Å²) in [7, 11) is -4.05. The van der Waals surface area contributed by atoms with E-state index in [0.29, 0.717) is 5.69 Å². The molecule has 0 aliphatic heterocycles. The van der Waals surface area contributed by atoms with E-state index < -0.39 is 27.3 Å². The van der Waals surface area contributed by atoms with Gasteiger partial charge in [-0.05, 0) is 25.1 Å². The fraction of sp³-hybridized carbons (Fsp3) is 0.214. The summed E-state index contributed by atoms with van der Waals surface area (Å²) in [5, 5.41) is 10.2. The Kier molecular flexibility index (Phi) is 5.49. The first kappa shape index (κ1) is 18.5. The van der Waals surface area contributed by atoms with E-state index in [2.05, 4.69) is 20.6 Å². The molecule has 1 aromatic heterocycles. The lowest BCUT2D eigenvalue weighted by Gasteiger charge is -2.09. The number of rotatable bonds is 6. The molecule has 134 valence electrons. The minimum Gasteiger partial charge on any atom is -0.354 e. The highest BCUT2D eigenvalue weighted by atomic mass is 32.2. The molecule has 1 heterocycles. The fourth-order valence-electron chi connectivity index (χ4n) is 1.97. The van der Waals surface area contributed by atoms with Crippen molar-refractivity contribution in [1.82, 2.24) is 15.3 Å². The number of carbonyl (C=O) groups excluding carboxylic acids is 1. The highest BCUT2D eigenvalue weighted by Crippen LogP contribution is 2.13. The van der Waals surface area contributed by atoms with Crippen molar-refractivity contribution < 1.29 is 17.6 Å². The summed E-state index contributed by atoms with van der Waals surface area (Å²) < 4.78 is 36.2. The maximum atomic E-state index is 13.7. The number of benzene rings is 1. The second kappa shape index (κ2) is 7.40. The zero-order valence-corrected chi connectivity index (χ0v) is 14.0. The molecule has 0 saturated heterocycles. The molecule has 11 heteroatoms. The van der Waals surface area contributed by atoms with Crippen LogP contribution in [0.2, 0.25) is 0 Å². The largest absolute Gasteiger partial charge is 0.354 e. The number of sulfonamides is 1. The zero-order valence-electron chi connectivity index (χ0n) is 13.2. The van der Waals surface area contributed by atoms with Crippen LogP contribution in [0.15, 0.2) is 34.0 Å². The first-order chi connectivity index (χ1) is 11.7. The van der Waals surface area contributed by atoms with Gasteiger partial charge in [-0.15, -0.1) is 0 Å². The van der Waals surface area contributed by atoms with Crippen LogP contribution in [0.4, 0.5) is 10.3 Å². The van der Waals surface area contributed by atoms with Gasteiger partial charge in [-0.2, -0.15) is 0 Å². The maximum Gasteiger partial charge on any atom is 0.254 e. The van der Waals surface area contributed by atoms with Crippen LogP contribution in [0.1, 0.15) is 16.1 Å². The molecule has 1 aromatic carbocycles. The molecule has 0 aliphatic rings. The Hall–Kier alpha value is -2.79. The number of aromatic amines is 1. The standard InChI is InChI=1S/C14H16FN5O4S/c1-8-6-12(21)20-14(19-8)18-5-4-17-13(22)10-7-9(25(16,23)24)2-3-11(10)15/h2-3,6-7H,4-5H2,1H3,(H,17,22)(H2,16,23,24)(H2,18,19,20,21). The zero-order chi connectivity index (χ0) is 18.6. The minimum atomic E-state index is -4.05. The van der Waals surface area contributed by atoms with Crippen LogP contribution in [-0.2, 0) is 10.0 Å². The van der Waals surface area contributed by atoms with E-state index in [0.717, 1.165) is 18.2 Å². The van der Waals surface area contributed by atoms with E-state index in [4.69, 9.17) is 5.14 Å². The molecule has 5 N–H and O–H groups in total. The summed E-state index contributed by atoms with van der Waals surface area (Å²) in [6.07, 6.45) is 0. The normalized spacial score (nSPS) is 11.2. The number of nitrogens with one attached hydrogen (secondary N) is 3. The number of nitrogens with zero attached hydrogens (tertiary/aromatic N) is 1. The fourth-order valence-corrected chi connectivity index (χ4v) is 2.51. The molecule has 0 bridgehead atoms. The van der Waals surface area contributed by atoms with Crippen LogP contribution in [-0.4, -0.2) is 37.4 Å². The van der Waals surface area contributed by atoms with E-state index in [1.165, 1.54) is 6.07 Å². The smallest absolute Gasteiger partial charge is 0.254 e. The van der Waals surface area contributed by atoms with Crippen molar-refractivity contribution in [1.29, 1.82) is 0 Å². The molecule has 0 atom stereocenters. The highest BCUT2D eigenvalue weighted by Gasteiger charge is 2.16. The lowest BCUT2D eigenvalue weighted by atomic mass is 10.2. The molecule has 1 amide bonds. The van der Waals surface area contributed by atoms with E-state index in [-0.39, 0.29) is 29.5 Å². The first-order valence-corrected chi connectivity index (χ1v) is 8.64. The lowest BCUT2D eigenvalue weighted by molar-refractivity contribution is 0.0951. The Morgan fingerprint density at radius 1 is 1.32 bits per heavy atom. The molecule has 0 spiro atoms. The van der Waals surface area contributed by atoms with E-state index in [1.807, 2.05) is 0 Å². The molecule has 25 heavy (non-hydrogen) atoms. The van der Waals surface area contributed by atoms with Gasteiger partial charge in [-0.3, -0.25) is 14.6 Å². The number of hydrogen-bond acceptors (Lipinski definition) is 6. The highest BCUT2D eigenvalue weighted by molar-refractivity contribution is 7.89. The summed E-state index contributed by atoms with van der Waals surface area (Å²) in [4.78, 5) is 29.4.